The summed E-state index contributed by atoms with van der Waals surface area (Å²) in [6.45, 7) is 5.02. The number of amides is 2. The minimum atomic E-state index is -0.213. The number of piperidine rings is 1. The van der Waals surface area contributed by atoms with Crippen molar-refractivity contribution in [2.45, 2.75) is 38.8 Å². The van der Waals surface area contributed by atoms with Crippen molar-refractivity contribution >= 4 is 11.8 Å². The van der Waals surface area contributed by atoms with Gasteiger partial charge in [-0.2, -0.15) is 0 Å². The van der Waals surface area contributed by atoms with Crippen molar-refractivity contribution in [3.05, 3.63) is 35.4 Å². The molecule has 2 fully saturated rings. The predicted molar refractivity (Wildman–Crippen MR) is 88.7 cm³/mol. The third-order valence-corrected chi connectivity index (χ3v) is 4.72. The fraction of sp³-hybridized carbons (Fsp3) is 0.556. The van der Waals surface area contributed by atoms with Gasteiger partial charge in [-0.15, -0.1) is 0 Å². The van der Waals surface area contributed by atoms with Crippen molar-refractivity contribution in [3.63, 3.8) is 0 Å². The van der Waals surface area contributed by atoms with E-state index in [0.29, 0.717) is 19.5 Å². The van der Waals surface area contributed by atoms with Gasteiger partial charge in [0.05, 0.1) is 5.92 Å². The van der Waals surface area contributed by atoms with Crippen molar-refractivity contribution in [2.75, 3.05) is 19.6 Å². The lowest BCUT2D eigenvalue weighted by atomic mass is 10.0. The molecule has 1 aromatic rings. The molecule has 0 spiro atoms. The molecule has 23 heavy (non-hydrogen) atoms. The maximum absolute atomic E-state index is 12.4. The van der Waals surface area contributed by atoms with Gasteiger partial charge in [0.2, 0.25) is 11.8 Å². The van der Waals surface area contributed by atoms with Gasteiger partial charge < -0.3 is 15.5 Å². The molecule has 2 amide bonds. The number of hydrogen-bond acceptors (Lipinski definition) is 3. The standard InChI is InChI=1S/C18H25N3O2/c1-13-4-6-14(7-5-13)11-21-12-15(9-17(21)22)18(23)20-16-3-2-8-19-10-16/h4-7,15-16,19H,2-3,8-12H2,1H3,(H,20,23). The van der Waals surface area contributed by atoms with Crippen LogP contribution in [0.3, 0.4) is 0 Å². The Morgan fingerprint density at radius 2 is 2.13 bits per heavy atom. The first kappa shape index (κ1) is 16.0. The molecular formula is C18H25N3O2. The highest BCUT2D eigenvalue weighted by Crippen LogP contribution is 2.21. The average Bonchev–Trinajstić information content (AvgIpc) is 2.92. The Hall–Kier alpha value is -1.88. The molecule has 2 atom stereocenters. The Labute approximate surface area is 137 Å². The fourth-order valence-corrected chi connectivity index (χ4v) is 3.31. The normalized spacial score (nSPS) is 24.7. The molecule has 0 aliphatic carbocycles. The zero-order chi connectivity index (χ0) is 16.2. The van der Waals surface area contributed by atoms with Gasteiger partial charge in [0.25, 0.3) is 0 Å². The number of likely N-dealkylation sites (tertiary alicyclic amines) is 1. The summed E-state index contributed by atoms with van der Waals surface area (Å²) in [5.74, 6) is -0.110. The second-order valence-corrected chi connectivity index (χ2v) is 6.71. The van der Waals surface area contributed by atoms with E-state index in [-0.39, 0.29) is 23.8 Å². The molecule has 0 aromatic heterocycles. The zero-order valence-corrected chi connectivity index (χ0v) is 13.7. The summed E-state index contributed by atoms with van der Waals surface area (Å²) in [7, 11) is 0. The van der Waals surface area contributed by atoms with Gasteiger partial charge in [-0.25, -0.2) is 0 Å². The lowest BCUT2D eigenvalue weighted by Crippen LogP contribution is -2.47. The van der Waals surface area contributed by atoms with Crippen LogP contribution < -0.4 is 10.6 Å². The lowest BCUT2D eigenvalue weighted by Gasteiger charge is -2.25. The molecule has 2 N–H and O–H groups in total. The van der Waals surface area contributed by atoms with E-state index in [1.54, 1.807) is 4.90 Å². The number of nitrogens with zero attached hydrogens (tertiary/aromatic N) is 1. The molecule has 2 unspecified atom stereocenters. The van der Waals surface area contributed by atoms with Gasteiger partial charge in [-0.05, 0) is 31.9 Å². The van der Waals surface area contributed by atoms with Gasteiger partial charge >= 0.3 is 0 Å². The van der Waals surface area contributed by atoms with Crippen LogP contribution in [-0.4, -0.2) is 42.4 Å². The van der Waals surface area contributed by atoms with Gasteiger partial charge in [0.15, 0.2) is 0 Å². The molecule has 0 saturated carbocycles. The third-order valence-electron chi connectivity index (χ3n) is 4.72. The van der Waals surface area contributed by atoms with Crippen molar-refractivity contribution < 1.29 is 9.59 Å². The molecule has 1 aromatic carbocycles. The molecule has 0 bridgehead atoms. The van der Waals surface area contributed by atoms with Crippen LogP contribution >= 0.6 is 0 Å². The summed E-state index contributed by atoms with van der Waals surface area (Å²) in [5.41, 5.74) is 2.32. The number of carbonyl (C=O) groups excluding carboxylic acids is 2. The van der Waals surface area contributed by atoms with Crippen LogP contribution in [0.15, 0.2) is 24.3 Å². The number of rotatable bonds is 4. The molecule has 0 radical (unpaired) electrons. The Morgan fingerprint density at radius 3 is 2.83 bits per heavy atom. The second kappa shape index (κ2) is 7.13. The molecular weight excluding hydrogens is 290 g/mol. The number of carbonyl (C=O) groups is 2. The van der Waals surface area contributed by atoms with Gasteiger partial charge in [0, 0.05) is 32.1 Å². The zero-order valence-electron chi connectivity index (χ0n) is 13.7. The van der Waals surface area contributed by atoms with E-state index in [1.807, 2.05) is 19.1 Å². The summed E-state index contributed by atoms with van der Waals surface area (Å²) in [4.78, 5) is 26.4. The molecule has 2 aliphatic heterocycles. The van der Waals surface area contributed by atoms with Crippen molar-refractivity contribution in [1.29, 1.82) is 0 Å². The quantitative estimate of drug-likeness (QED) is 0.878. The summed E-state index contributed by atoms with van der Waals surface area (Å²) in [6.07, 6.45) is 2.44. The van der Waals surface area contributed by atoms with Crippen LogP contribution in [0.1, 0.15) is 30.4 Å². The Bertz CT molecular complexity index is 564. The van der Waals surface area contributed by atoms with E-state index < -0.39 is 0 Å². The highest BCUT2D eigenvalue weighted by Gasteiger charge is 2.35. The van der Waals surface area contributed by atoms with E-state index in [0.717, 1.165) is 31.5 Å². The molecule has 5 nitrogen and oxygen atoms in total. The number of benzene rings is 1. The fourth-order valence-electron chi connectivity index (χ4n) is 3.31. The SMILES string of the molecule is Cc1ccc(CN2CC(C(=O)NC3CCCNC3)CC2=O)cc1. The van der Waals surface area contributed by atoms with Crippen molar-refractivity contribution in [2.24, 2.45) is 5.92 Å². The van der Waals surface area contributed by atoms with Gasteiger partial charge in [-0.3, -0.25) is 9.59 Å². The van der Waals surface area contributed by atoms with Crippen molar-refractivity contribution in [3.8, 4) is 0 Å². The van der Waals surface area contributed by atoms with Crippen LogP contribution in [0.4, 0.5) is 0 Å². The van der Waals surface area contributed by atoms with Gasteiger partial charge in [0.1, 0.15) is 0 Å². The predicted octanol–water partition coefficient (Wildman–Crippen LogP) is 1.21. The van der Waals surface area contributed by atoms with Crippen LogP contribution in [0, 0.1) is 12.8 Å². The third kappa shape index (κ3) is 4.10. The van der Waals surface area contributed by atoms with E-state index in [1.165, 1.54) is 5.56 Å². The van der Waals surface area contributed by atoms with E-state index in [4.69, 9.17) is 0 Å². The summed E-state index contributed by atoms with van der Waals surface area (Å²) in [5, 5.41) is 6.39. The van der Waals surface area contributed by atoms with Crippen LogP contribution in [0.2, 0.25) is 0 Å². The second-order valence-electron chi connectivity index (χ2n) is 6.71. The highest BCUT2D eigenvalue weighted by molar-refractivity contribution is 5.89. The summed E-state index contributed by atoms with van der Waals surface area (Å²) >= 11 is 0. The number of aryl methyl sites for hydroxylation is 1. The topological polar surface area (TPSA) is 61.4 Å². The summed E-state index contributed by atoms with van der Waals surface area (Å²) in [6, 6.07) is 8.40. The Kier molecular flexibility index (Phi) is 4.96. The van der Waals surface area contributed by atoms with Gasteiger partial charge in [-0.1, -0.05) is 29.8 Å². The van der Waals surface area contributed by atoms with E-state index in [9.17, 15) is 9.59 Å². The first-order chi connectivity index (χ1) is 11.1. The summed E-state index contributed by atoms with van der Waals surface area (Å²) < 4.78 is 0. The molecule has 2 aliphatic rings. The minimum Gasteiger partial charge on any atom is -0.352 e. The number of hydrogen-bond donors (Lipinski definition) is 2. The van der Waals surface area contributed by atoms with Crippen LogP contribution in [-0.2, 0) is 16.1 Å². The molecule has 5 heteroatoms. The Morgan fingerprint density at radius 1 is 1.35 bits per heavy atom. The van der Waals surface area contributed by atoms with Crippen LogP contribution in [0.25, 0.3) is 0 Å². The molecule has 124 valence electrons. The molecule has 2 heterocycles. The largest absolute Gasteiger partial charge is 0.352 e. The first-order valence-electron chi connectivity index (χ1n) is 8.46. The maximum atomic E-state index is 12.4. The lowest BCUT2D eigenvalue weighted by molar-refractivity contribution is -0.129. The monoisotopic (exact) mass is 315 g/mol. The maximum Gasteiger partial charge on any atom is 0.225 e. The minimum absolute atomic E-state index is 0.0263. The molecule has 3 rings (SSSR count). The van der Waals surface area contributed by atoms with Crippen LogP contribution in [0.5, 0.6) is 0 Å². The Balaban J connectivity index is 1.54. The average molecular weight is 315 g/mol. The van der Waals surface area contributed by atoms with Crippen molar-refractivity contribution in [1.82, 2.24) is 15.5 Å². The van der Waals surface area contributed by atoms with E-state index in [2.05, 4.69) is 22.8 Å². The highest BCUT2D eigenvalue weighted by atomic mass is 16.2. The smallest absolute Gasteiger partial charge is 0.225 e. The van der Waals surface area contributed by atoms with E-state index >= 15 is 0 Å². The molecule has 2 saturated heterocycles. The first-order valence-corrected chi connectivity index (χ1v) is 8.46. The number of nitrogens with one attached hydrogen (secondary N) is 2.